The summed E-state index contributed by atoms with van der Waals surface area (Å²) in [5, 5.41) is 0. The van der Waals surface area contributed by atoms with E-state index in [1.54, 1.807) is 0 Å². The highest BCUT2D eigenvalue weighted by atomic mass is 16.6. The monoisotopic (exact) mass is 1090 g/mol. The van der Waals surface area contributed by atoms with Crippen LogP contribution in [0.5, 0.6) is 0 Å². The SMILES string of the molecule is CC/C=C\C/C=C\C/C=C\C/C=C\CCCCCCCCCCCCCCCCCCC(=O)OCC(COC(=O)CCCCCCC/C=C\C/C=C\CCC)OC(=O)CCCCCCCCCCCCCCCCCCCC. The molecular weight excluding hydrogens is 961 g/mol. The fourth-order valence-electron chi connectivity index (χ4n) is 9.89. The smallest absolute Gasteiger partial charge is 0.306 e. The van der Waals surface area contributed by atoms with E-state index < -0.39 is 6.10 Å². The molecule has 0 N–H and O–H groups in total. The molecule has 0 aliphatic heterocycles. The predicted octanol–water partition coefficient (Wildman–Crippen LogP) is 23.3. The standard InChI is InChI=1S/C72H128O6/c1-4-7-10-13-16-19-22-25-27-29-31-32-33-34-35-36-37-38-39-40-41-43-44-47-50-53-56-59-62-65-71(74)77-68-69(67-76-70(73)64-61-58-55-52-49-46-24-21-18-15-12-9-6-3)78-72(75)66-63-60-57-54-51-48-45-42-30-28-26-23-20-17-14-11-8-5-2/h7,10,12,15-16,19,21,24-25,27,31-32,69H,4-6,8-9,11,13-14,17-18,20,22-23,26,28-30,33-68H2,1-3H3/b10-7-,15-12-,19-16-,24-21-,27-25-,32-31-. The van der Waals surface area contributed by atoms with Gasteiger partial charge in [0, 0.05) is 19.3 Å². The molecule has 0 aromatic carbocycles. The average Bonchev–Trinajstić information content (AvgIpc) is 3.44. The summed E-state index contributed by atoms with van der Waals surface area (Å²) in [5.41, 5.74) is 0. The molecule has 0 heterocycles. The van der Waals surface area contributed by atoms with Crippen LogP contribution in [0.2, 0.25) is 0 Å². The van der Waals surface area contributed by atoms with E-state index >= 15 is 0 Å². The minimum absolute atomic E-state index is 0.0752. The first-order valence-electron chi connectivity index (χ1n) is 33.9. The summed E-state index contributed by atoms with van der Waals surface area (Å²) in [6.45, 7) is 6.50. The molecule has 0 fully saturated rings. The highest BCUT2D eigenvalue weighted by Gasteiger charge is 2.19. The number of unbranched alkanes of at least 4 members (excludes halogenated alkanes) is 39. The Labute approximate surface area is 484 Å². The van der Waals surface area contributed by atoms with Crippen LogP contribution in [0.15, 0.2) is 72.9 Å². The van der Waals surface area contributed by atoms with E-state index in [9.17, 15) is 14.4 Å². The number of carbonyl (C=O) groups is 3. The summed E-state index contributed by atoms with van der Waals surface area (Å²) in [6.07, 6.45) is 86.4. The molecule has 6 nitrogen and oxygen atoms in total. The Balaban J connectivity index is 4.21. The maximum Gasteiger partial charge on any atom is 0.306 e. The molecule has 6 heteroatoms. The summed E-state index contributed by atoms with van der Waals surface area (Å²) >= 11 is 0. The van der Waals surface area contributed by atoms with E-state index in [2.05, 4.69) is 93.7 Å². The zero-order chi connectivity index (χ0) is 56.4. The molecule has 0 aromatic heterocycles. The van der Waals surface area contributed by atoms with Crippen molar-refractivity contribution in [2.45, 2.75) is 354 Å². The summed E-state index contributed by atoms with van der Waals surface area (Å²) in [5.74, 6) is -0.869. The van der Waals surface area contributed by atoms with Crippen LogP contribution in [-0.4, -0.2) is 37.2 Å². The number of carbonyl (C=O) groups excluding carboxylic acids is 3. The third kappa shape index (κ3) is 63.7. The van der Waals surface area contributed by atoms with Crippen molar-refractivity contribution in [1.29, 1.82) is 0 Å². The Kier molecular flexibility index (Phi) is 63.7. The molecular formula is C72H128O6. The van der Waals surface area contributed by atoms with Crippen molar-refractivity contribution < 1.29 is 28.6 Å². The Morgan fingerprint density at radius 2 is 0.526 bits per heavy atom. The van der Waals surface area contributed by atoms with Crippen LogP contribution in [0.1, 0.15) is 348 Å². The van der Waals surface area contributed by atoms with Gasteiger partial charge in [-0.1, -0.05) is 318 Å². The summed E-state index contributed by atoms with van der Waals surface area (Å²) < 4.78 is 16.9. The Hall–Kier alpha value is -3.15. The molecule has 0 saturated carbocycles. The second-order valence-electron chi connectivity index (χ2n) is 22.7. The minimum Gasteiger partial charge on any atom is -0.462 e. The van der Waals surface area contributed by atoms with Crippen LogP contribution in [0.4, 0.5) is 0 Å². The van der Waals surface area contributed by atoms with Gasteiger partial charge in [0.15, 0.2) is 6.10 Å². The van der Waals surface area contributed by atoms with Gasteiger partial charge in [0.2, 0.25) is 0 Å². The predicted molar refractivity (Wildman–Crippen MR) is 339 cm³/mol. The summed E-state index contributed by atoms with van der Waals surface area (Å²) in [7, 11) is 0. The number of esters is 3. The zero-order valence-corrected chi connectivity index (χ0v) is 51.9. The van der Waals surface area contributed by atoms with Crippen LogP contribution >= 0.6 is 0 Å². The van der Waals surface area contributed by atoms with Crippen LogP contribution in [0.25, 0.3) is 0 Å². The Morgan fingerprint density at radius 1 is 0.269 bits per heavy atom. The van der Waals surface area contributed by atoms with E-state index in [4.69, 9.17) is 14.2 Å². The van der Waals surface area contributed by atoms with Gasteiger partial charge in [0.05, 0.1) is 0 Å². The van der Waals surface area contributed by atoms with E-state index in [-0.39, 0.29) is 31.1 Å². The van der Waals surface area contributed by atoms with Crippen molar-refractivity contribution in [2.75, 3.05) is 13.2 Å². The first-order chi connectivity index (χ1) is 38.5. The summed E-state index contributed by atoms with van der Waals surface area (Å²) in [6, 6.07) is 0. The van der Waals surface area contributed by atoms with Crippen molar-refractivity contribution >= 4 is 17.9 Å². The lowest BCUT2D eigenvalue weighted by Gasteiger charge is -2.18. The largest absolute Gasteiger partial charge is 0.462 e. The molecule has 0 saturated heterocycles. The third-order valence-electron chi connectivity index (χ3n) is 14.9. The first-order valence-corrected chi connectivity index (χ1v) is 33.9. The third-order valence-corrected chi connectivity index (χ3v) is 14.9. The molecule has 1 unspecified atom stereocenters. The second kappa shape index (κ2) is 66.4. The van der Waals surface area contributed by atoms with Crippen molar-refractivity contribution in [3.8, 4) is 0 Å². The number of allylic oxidation sites excluding steroid dienone is 12. The fraction of sp³-hybridized carbons (Fsp3) is 0.792. The molecule has 0 aliphatic carbocycles. The number of rotatable bonds is 62. The van der Waals surface area contributed by atoms with E-state index in [0.29, 0.717) is 19.3 Å². The van der Waals surface area contributed by atoms with Crippen LogP contribution in [-0.2, 0) is 28.6 Å². The molecule has 0 aliphatic rings. The Bertz CT molecular complexity index is 1440. The highest BCUT2D eigenvalue weighted by molar-refractivity contribution is 5.71. The number of hydrogen-bond acceptors (Lipinski definition) is 6. The van der Waals surface area contributed by atoms with Gasteiger partial charge in [-0.2, -0.15) is 0 Å². The fourth-order valence-corrected chi connectivity index (χ4v) is 9.89. The number of hydrogen-bond donors (Lipinski definition) is 0. The number of ether oxygens (including phenoxy) is 3. The molecule has 0 aromatic rings. The molecule has 0 amide bonds. The maximum absolute atomic E-state index is 12.9. The van der Waals surface area contributed by atoms with E-state index in [1.165, 1.54) is 199 Å². The van der Waals surface area contributed by atoms with Crippen LogP contribution < -0.4 is 0 Å². The molecule has 452 valence electrons. The van der Waals surface area contributed by atoms with Gasteiger partial charge in [0.25, 0.3) is 0 Å². The van der Waals surface area contributed by atoms with E-state index in [1.807, 2.05) is 0 Å². The lowest BCUT2D eigenvalue weighted by Crippen LogP contribution is -2.30. The van der Waals surface area contributed by atoms with E-state index in [0.717, 1.165) is 109 Å². The van der Waals surface area contributed by atoms with Crippen LogP contribution in [0, 0.1) is 0 Å². The van der Waals surface area contributed by atoms with Crippen molar-refractivity contribution in [3.05, 3.63) is 72.9 Å². The van der Waals surface area contributed by atoms with Gasteiger partial charge in [-0.25, -0.2) is 0 Å². The van der Waals surface area contributed by atoms with Gasteiger partial charge >= 0.3 is 17.9 Å². The lowest BCUT2D eigenvalue weighted by atomic mass is 10.0. The quantitative estimate of drug-likeness (QED) is 0.0261. The highest BCUT2D eigenvalue weighted by Crippen LogP contribution is 2.18. The zero-order valence-electron chi connectivity index (χ0n) is 51.9. The molecule has 0 rings (SSSR count). The minimum atomic E-state index is -0.779. The first kappa shape index (κ1) is 74.8. The molecule has 78 heavy (non-hydrogen) atoms. The van der Waals surface area contributed by atoms with Gasteiger partial charge < -0.3 is 14.2 Å². The normalized spacial score (nSPS) is 12.5. The van der Waals surface area contributed by atoms with Crippen molar-refractivity contribution in [1.82, 2.24) is 0 Å². The molecule has 0 spiro atoms. The average molecular weight is 1090 g/mol. The van der Waals surface area contributed by atoms with Gasteiger partial charge in [-0.15, -0.1) is 0 Å². The van der Waals surface area contributed by atoms with Gasteiger partial charge in [0.1, 0.15) is 13.2 Å². The Morgan fingerprint density at radius 3 is 0.833 bits per heavy atom. The topological polar surface area (TPSA) is 78.9 Å². The molecule has 0 bridgehead atoms. The van der Waals surface area contributed by atoms with Crippen molar-refractivity contribution in [3.63, 3.8) is 0 Å². The molecule has 1 atom stereocenters. The molecule has 0 radical (unpaired) electrons. The van der Waals surface area contributed by atoms with Gasteiger partial charge in [-0.05, 0) is 83.5 Å². The summed E-state index contributed by atoms with van der Waals surface area (Å²) in [4.78, 5) is 38.3. The van der Waals surface area contributed by atoms with Gasteiger partial charge in [-0.3, -0.25) is 14.4 Å². The second-order valence-corrected chi connectivity index (χ2v) is 22.7. The van der Waals surface area contributed by atoms with Crippen LogP contribution in [0.3, 0.4) is 0 Å². The maximum atomic E-state index is 12.9. The van der Waals surface area contributed by atoms with Crippen molar-refractivity contribution in [2.24, 2.45) is 0 Å². The lowest BCUT2D eigenvalue weighted by molar-refractivity contribution is -0.167.